The zero-order valence-electron chi connectivity index (χ0n) is 11.1. The average molecular weight is 250 g/mol. The largest absolute Gasteiger partial charge is 0.325 e. The molecule has 2 rings (SSSR count). The first-order valence-electron chi connectivity index (χ1n) is 6.61. The first kappa shape index (κ1) is 13.1. The normalized spacial score (nSPS) is 18.2. The number of amides is 1. The molecule has 100 valence electrons. The van der Waals surface area contributed by atoms with Crippen LogP contribution in [-0.4, -0.2) is 21.2 Å². The van der Waals surface area contributed by atoms with Gasteiger partial charge in [-0.25, -0.2) is 0 Å². The van der Waals surface area contributed by atoms with Crippen LogP contribution in [0.4, 0.5) is 5.69 Å². The third-order valence-electron chi connectivity index (χ3n) is 3.53. The Hall–Kier alpha value is -1.36. The molecular weight excluding hydrogens is 228 g/mol. The van der Waals surface area contributed by atoms with Crippen LogP contribution in [0.25, 0.3) is 0 Å². The van der Waals surface area contributed by atoms with E-state index >= 15 is 0 Å². The van der Waals surface area contributed by atoms with Crippen molar-refractivity contribution in [1.29, 1.82) is 0 Å². The molecule has 1 amide bonds. The average Bonchev–Trinajstić information content (AvgIpc) is 2.87. The van der Waals surface area contributed by atoms with Crippen LogP contribution in [0.1, 0.15) is 52.0 Å². The van der Waals surface area contributed by atoms with Crippen molar-refractivity contribution in [2.45, 2.75) is 57.5 Å². The molecule has 1 saturated carbocycles. The van der Waals surface area contributed by atoms with E-state index in [0.717, 1.165) is 31.4 Å². The number of nitrogens with one attached hydrogen (secondary N) is 1. The molecule has 0 aliphatic heterocycles. The molecule has 18 heavy (non-hydrogen) atoms. The second kappa shape index (κ2) is 5.10. The zero-order chi connectivity index (χ0) is 13.2. The number of anilines is 1. The van der Waals surface area contributed by atoms with E-state index in [2.05, 4.69) is 10.4 Å². The Morgan fingerprint density at radius 3 is 2.78 bits per heavy atom. The van der Waals surface area contributed by atoms with Crippen LogP contribution in [0.5, 0.6) is 0 Å². The van der Waals surface area contributed by atoms with Gasteiger partial charge in [0, 0.05) is 24.2 Å². The topological polar surface area (TPSA) is 72.9 Å². The van der Waals surface area contributed by atoms with E-state index in [0.29, 0.717) is 12.5 Å². The fourth-order valence-corrected chi connectivity index (χ4v) is 2.47. The summed E-state index contributed by atoms with van der Waals surface area (Å²) < 4.78 is 1.82. The maximum atomic E-state index is 11.9. The molecule has 1 aromatic rings. The van der Waals surface area contributed by atoms with Gasteiger partial charge in [-0.3, -0.25) is 9.48 Å². The number of carbonyl (C=O) groups excluding carboxylic acids is 1. The van der Waals surface area contributed by atoms with Crippen molar-refractivity contribution in [2.24, 2.45) is 5.73 Å². The smallest absolute Gasteiger partial charge is 0.226 e. The van der Waals surface area contributed by atoms with Crippen molar-refractivity contribution in [3.05, 3.63) is 12.4 Å². The van der Waals surface area contributed by atoms with Crippen LogP contribution < -0.4 is 11.1 Å². The Morgan fingerprint density at radius 2 is 2.22 bits per heavy atom. The van der Waals surface area contributed by atoms with E-state index in [4.69, 9.17) is 5.73 Å². The summed E-state index contributed by atoms with van der Waals surface area (Å²) in [5.41, 5.74) is 6.64. The van der Waals surface area contributed by atoms with Gasteiger partial charge in [0.2, 0.25) is 5.91 Å². The predicted molar refractivity (Wildman–Crippen MR) is 71.2 cm³/mol. The Balaban J connectivity index is 1.90. The van der Waals surface area contributed by atoms with Crippen LogP contribution in [0.15, 0.2) is 12.4 Å². The number of nitrogens with zero attached hydrogens (tertiary/aromatic N) is 2. The maximum Gasteiger partial charge on any atom is 0.226 e. The fraction of sp³-hybridized carbons (Fsp3) is 0.692. The molecule has 0 spiro atoms. The molecule has 1 aliphatic rings. The van der Waals surface area contributed by atoms with Crippen LogP contribution in [0, 0.1) is 0 Å². The highest BCUT2D eigenvalue weighted by Crippen LogP contribution is 2.30. The third kappa shape index (κ3) is 3.10. The van der Waals surface area contributed by atoms with Crippen LogP contribution in [0.2, 0.25) is 0 Å². The van der Waals surface area contributed by atoms with Crippen molar-refractivity contribution in [1.82, 2.24) is 9.78 Å². The van der Waals surface area contributed by atoms with Gasteiger partial charge in [0.15, 0.2) is 0 Å². The molecule has 0 bridgehead atoms. The highest BCUT2D eigenvalue weighted by Gasteiger charge is 2.31. The summed E-state index contributed by atoms with van der Waals surface area (Å²) in [6, 6.07) is 0.298. The van der Waals surface area contributed by atoms with Gasteiger partial charge in [0.25, 0.3) is 0 Å². The van der Waals surface area contributed by atoms with E-state index in [9.17, 15) is 4.79 Å². The van der Waals surface area contributed by atoms with Crippen molar-refractivity contribution < 1.29 is 4.79 Å². The van der Waals surface area contributed by atoms with Crippen molar-refractivity contribution in [3.63, 3.8) is 0 Å². The third-order valence-corrected chi connectivity index (χ3v) is 3.53. The molecular formula is C13H22N4O. The molecule has 0 unspecified atom stereocenters. The van der Waals surface area contributed by atoms with Crippen LogP contribution in [0.3, 0.4) is 0 Å². The summed E-state index contributed by atoms with van der Waals surface area (Å²) in [5.74, 6) is -0.0114. The van der Waals surface area contributed by atoms with E-state index in [1.54, 1.807) is 6.20 Å². The van der Waals surface area contributed by atoms with Gasteiger partial charge in [0.1, 0.15) is 0 Å². The van der Waals surface area contributed by atoms with E-state index < -0.39 is 0 Å². The molecule has 5 nitrogen and oxygen atoms in total. The fourth-order valence-electron chi connectivity index (χ4n) is 2.47. The SMILES string of the molecule is CC(C)n1cc(NC(=O)CC2(N)CCCC2)cn1. The molecule has 3 N–H and O–H groups in total. The predicted octanol–water partition coefficient (Wildman–Crippen LogP) is 2.06. The lowest BCUT2D eigenvalue weighted by Gasteiger charge is -2.22. The summed E-state index contributed by atoms with van der Waals surface area (Å²) in [6.07, 6.45) is 8.09. The Kier molecular flexibility index (Phi) is 3.71. The van der Waals surface area contributed by atoms with Crippen LogP contribution >= 0.6 is 0 Å². The minimum absolute atomic E-state index is 0.0114. The zero-order valence-corrected chi connectivity index (χ0v) is 11.1. The Morgan fingerprint density at radius 1 is 1.56 bits per heavy atom. The van der Waals surface area contributed by atoms with Gasteiger partial charge in [-0.15, -0.1) is 0 Å². The number of nitrogens with two attached hydrogens (primary N) is 1. The van der Waals surface area contributed by atoms with Crippen molar-refractivity contribution in [2.75, 3.05) is 5.32 Å². The Bertz CT molecular complexity index is 418. The number of hydrogen-bond acceptors (Lipinski definition) is 3. The lowest BCUT2D eigenvalue weighted by Crippen LogP contribution is -2.40. The molecule has 1 aromatic heterocycles. The highest BCUT2D eigenvalue weighted by molar-refractivity contribution is 5.91. The lowest BCUT2D eigenvalue weighted by atomic mass is 9.94. The monoisotopic (exact) mass is 250 g/mol. The molecule has 5 heteroatoms. The van der Waals surface area contributed by atoms with Crippen molar-refractivity contribution >= 4 is 11.6 Å². The quantitative estimate of drug-likeness (QED) is 0.859. The van der Waals surface area contributed by atoms with Gasteiger partial charge in [-0.2, -0.15) is 5.10 Å². The maximum absolute atomic E-state index is 11.9. The van der Waals surface area contributed by atoms with Gasteiger partial charge >= 0.3 is 0 Å². The van der Waals surface area contributed by atoms with E-state index in [1.165, 1.54) is 0 Å². The first-order valence-corrected chi connectivity index (χ1v) is 6.61. The number of rotatable bonds is 4. The summed E-state index contributed by atoms with van der Waals surface area (Å²) in [4.78, 5) is 11.9. The summed E-state index contributed by atoms with van der Waals surface area (Å²) in [7, 11) is 0. The Labute approximate surface area is 108 Å². The molecule has 0 radical (unpaired) electrons. The first-order chi connectivity index (χ1) is 8.48. The molecule has 0 atom stereocenters. The molecule has 0 aromatic carbocycles. The van der Waals surface area contributed by atoms with Gasteiger partial charge in [-0.05, 0) is 26.7 Å². The molecule has 1 fully saturated rings. The van der Waals surface area contributed by atoms with Gasteiger partial charge < -0.3 is 11.1 Å². The van der Waals surface area contributed by atoms with E-state index in [-0.39, 0.29) is 11.4 Å². The molecule has 1 aliphatic carbocycles. The second-order valence-electron chi connectivity index (χ2n) is 5.60. The number of carbonyl (C=O) groups is 1. The minimum Gasteiger partial charge on any atom is -0.325 e. The summed E-state index contributed by atoms with van der Waals surface area (Å²) in [6.45, 7) is 4.10. The molecule has 1 heterocycles. The minimum atomic E-state index is -0.294. The molecule has 0 saturated heterocycles. The van der Waals surface area contributed by atoms with E-state index in [1.807, 2.05) is 24.7 Å². The van der Waals surface area contributed by atoms with Crippen molar-refractivity contribution in [3.8, 4) is 0 Å². The van der Waals surface area contributed by atoms with Gasteiger partial charge in [-0.1, -0.05) is 12.8 Å². The number of hydrogen-bond donors (Lipinski definition) is 2. The number of aromatic nitrogens is 2. The standard InChI is InChI=1S/C13H22N4O/c1-10(2)17-9-11(8-15-17)16-12(18)7-13(14)5-3-4-6-13/h8-10H,3-7,14H2,1-2H3,(H,16,18). The second-order valence-corrected chi connectivity index (χ2v) is 5.60. The summed E-state index contributed by atoms with van der Waals surface area (Å²) >= 11 is 0. The lowest BCUT2D eigenvalue weighted by molar-refractivity contribution is -0.117. The van der Waals surface area contributed by atoms with Crippen LogP contribution in [-0.2, 0) is 4.79 Å². The van der Waals surface area contributed by atoms with Gasteiger partial charge in [0.05, 0.1) is 11.9 Å². The highest BCUT2D eigenvalue weighted by atomic mass is 16.1. The summed E-state index contributed by atoms with van der Waals surface area (Å²) in [5, 5.41) is 7.06.